The molecule has 1 unspecified atom stereocenters. The monoisotopic (exact) mass is 249 g/mol. The Morgan fingerprint density at radius 2 is 2.44 bits per heavy atom. The van der Waals surface area contributed by atoms with Gasteiger partial charge in [-0.1, -0.05) is 6.92 Å². The Morgan fingerprint density at radius 1 is 1.56 bits per heavy atom. The van der Waals surface area contributed by atoms with E-state index in [0.29, 0.717) is 11.8 Å². The van der Waals surface area contributed by atoms with Gasteiger partial charge in [-0.3, -0.25) is 4.79 Å². The third-order valence-corrected chi connectivity index (χ3v) is 2.80. The van der Waals surface area contributed by atoms with Gasteiger partial charge in [-0.15, -0.1) is 0 Å². The number of hydrogen-bond acceptors (Lipinski definition) is 5. The molecule has 1 atom stereocenters. The Bertz CT molecular complexity index is 409. The van der Waals surface area contributed by atoms with E-state index in [1.54, 1.807) is 12.3 Å². The minimum absolute atomic E-state index is 0.0444. The largest absolute Gasteiger partial charge is 0.358 e. The molecule has 0 aliphatic carbocycles. The minimum Gasteiger partial charge on any atom is -0.358 e. The summed E-state index contributed by atoms with van der Waals surface area (Å²) in [6.45, 7) is 3.69. The third kappa shape index (κ3) is 3.32. The van der Waals surface area contributed by atoms with Gasteiger partial charge in [0, 0.05) is 19.3 Å². The Kier molecular flexibility index (Phi) is 4.33. The van der Waals surface area contributed by atoms with Gasteiger partial charge in [0.25, 0.3) is 0 Å². The van der Waals surface area contributed by atoms with E-state index >= 15 is 0 Å². The lowest BCUT2D eigenvalue weighted by atomic mass is 10.1. The van der Waals surface area contributed by atoms with Crippen LogP contribution in [0.2, 0.25) is 0 Å². The maximum Gasteiger partial charge on any atom is 0.242 e. The zero-order valence-electron chi connectivity index (χ0n) is 10.6. The van der Waals surface area contributed by atoms with Crippen LogP contribution in [-0.4, -0.2) is 35.0 Å². The second-order valence-corrected chi connectivity index (χ2v) is 4.32. The Labute approximate surface area is 107 Å². The summed E-state index contributed by atoms with van der Waals surface area (Å²) in [6.07, 6.45) is 4.54. The first kappa shape index (κ1) is 12.6. The van der Waals surface area contributed by atoms with E-state index < -0.39 is 0 Å². The molecule has 2 heterocycles. The molecule has 1 aliphatic heterocycles. The van der Waals surface area contributed by atoms with E-state index in [1.165, 1.54) is 0 Å². The van der Waals surface area contributed by atoms with Gasteiger partial charge in [0.15, 0.2) is 0 Å². The number of rotatable bonds is 5. The minimum atomic E-state index is -0.187. The van der Waals surface area contributed by atoms with E-state index in [0.717, 1.165) is 32.4 Å². The summed E-state index contributed by atoms with van der Waals surface area (Å²) in [7, 11) is 0. The van der Waals surface area contributed by atoms with Crippen molar-refractivity contribution in [1.82, 2.24) is 15.3 Å². The number of carbonyl (C=O) groups is 1. The molecule has 3 N–H and O–H groups in total. The fourth-order valence-corrected chi connectivity index (χ4v) is 1.85. The lowest BCUT2D eigenvalue weighted by Gasteiger charge is -2.23. The topological polar surface area (TPSA) is 78.9 Å². The zero-order valence-corrected chi connectivity index (χ0v) is 10.6. The summed E-state index contributed by atoms with van der Waals surface area (Å²) in [4.78, 5) is 20.1. The van der Waals surface area contributed by atoms with Gasteiger partial charge in [-0.25, -0.2) is 4.98 Å². The summed E-state index contributed by atoms with van der Waals surface area (Å²) in [5.41, 5.74) is 0. The van der Waals surface area contributed by atoms with E-state index in [-0.39, 0.29) is 11.9 Å². The van der Waals surface area contributed by atoms with Crippen molar-refractivity contribution in [1.29, 1.82) is 0 Å². The number of piperidine rings is 1. The van der Waals surface area contributed by atoms with Crippen LogP contribution in [0.3, 0.4) is 0 Å². The van der Waals surface area contributed by atoms with Crippen LogP contribution in [0.25, 0.3) is 0 Å². The number of anilines is 2. The molecule has 98 valence electrons. The second kappa shape index (κ2) is 6.18. The number of aromatic nitrogens is 2. The fraction of sp³-hybridized carbons (Fsp3) is 0.583. The predicted molar refractivity (Wildman–Crippen MR) is 70.5 cm³/mol. The van der Waals surface area contributed by atoms with Crippen LogP contribution in [0.5, 0.6) is 0 Å². The molecule has 18 heavy (non-hydrogen) atoms. The quantitative estimate of drug-likeness (QED) is 0.725. The van der Waals surface area contributed by atoms with E-state index in [4.69, 9.17) is 0 Å². The first-order valence-corrected chi connectivity index (χ1v) is 6.40. The zero-order chi connectivity index (χ0) is 12.8. The third-order valence-electron chi connectivity index (χ3n) is 2.80. The SMILES string of the molecule is CCCNc1nccc(NC2CCCNC2=O)n1. The number of amides is 1. The molecule has 1 aromatic heterocycles. The van der Waals surface area contributed by atoms with Gasteiger partial charge in [0.05, 0.1) is 0 Å². The van der Waals surface area contributed by atoms with Gasteiger partial charge in [-0.2, -0.15) is 4.98 Å². The van der Waals surface area contributed by atoms with Gasteiger partial charge in [0.2, 0.25) is 11.9 Å². The molecule has 1 saturated heterocycles. The van der Waals surface area contributed by atoms with E-state index in [2.05, 4.69) is 32.8 Å². The molecule has 1 amide bonds. The summed E-state index contributed by atoms with van der Waals surface area (Å²) < 4.78 is 0. The fourth-order valence-electron chi connectivity index (χ4n) is 1.85. The molecule has 6 nitrogen and oxygen atoms in total. The van der Waals surface area contributed by atoms with Crippen molar-refractivity contribution < 1.29 is 4.79 Å². The molecule has 0 radical (unpaired) electrons. The van der Waals surface area contributed by atoms with Gasteiger partial charge in [0.1, 0.15) is 11.9 Å². The standard InChI is InChI=1S/C12H19N5O/c1-2-6-14-12-15-8-5-10(17-12)16-9-4-3-7-13-11(9)18/h5,8-9H,2-4,6-7H2,1H3,(H,13,18)(H2,14,15,16,17). The highest BCUT2D eigenvalue weighted by atomic mass is 16.2. The maximum absolute atomic E-state index is 11.6. The molecule has 0 bridgehead atoms. The lowest BCUT2D eigenvalue weighted by Crippen LogP contribution is -2.44. The highest BCUT2D eigenvalue weighted by Gasteiger charge is 2.21. The number of nitrogens with one attached hydrogen (secondary N) is 3. The van der Waals surface area contributed by atoms with Gasteiger partial charge in [-0.05, 0) is 25.3 Å². The van der Waals surface area contributed by atoms with Crippen molar-refractivity contribution in [2.75, 3.05) is 23.7 Å². The Morgan fingerprint density at radius 3 is 3.22 bits per heavy atom. The second-order valence-electron chi connectivity index (χ2n) is 4.32. The molecular formula is C12H19N5O. The number of nitrogens with zero attached hydrogens (tertiary/aromatic N) is 2. The van der Waals surface area contributed by atoms with Crippen molar-refractivity contribution in [3.8, 4) is 0 Å². The van der Waals surface area contributed by atoms with Crippen LogP contribution >= 0.6 is 0 Å². The van der Waals surface area contributed by atoms with Crippen molar-refractivity contribution in [3.63, 3.8) is 0 Å². The van der Waals surface area contributed by atoms with Crippen LogP contribution in [0, 0.1) is 0 Å². The molecule has 1 aromatic rings. The van der Waals surface area contributed by atoms with Crippen molar-refractivity contribution >= 4 is 17.7 Å². The highest BCUT2D eigenvalue weighted by molar-refractivity contribution is 5.84. The molecular weight excluding hydrogens is 230 g/mol. The molecule has 1 fully saturated rings. The van der Waals surface area contributed by atoms with E-state index in [9.17, 15) is 4.79 Å². The summed E-state index contributed by atoms with van der Waals surface area (Å²) in [5, 5.41) is 9.11. The molecule has 1 aliphatic rings. The van der Waals surface area contributed by atoms with Crippen LogP contribution in [0.15, 0.2) is 12.3 Å². The smallest absolute Gasteiger partial charge is 0.242 e. The molecule has 0 saturated carbocycles. The summed E-state index contributed by atoms with van der Waals surface area (Å²) in [6, 6.07) is 1.59. The Balaban J connectivity index is 1.97. The van der Waals surface area contributed by atoms with E-state index in [1.807, 2.05) is 0 Å². The van der Waals surface area contributed by atoms with Crippen molar-refractivity contribution in [3.05, 3.63) is 12.3 Å². The predicted octanol–water partition coefficient (Wildman–Crippen LogP) is 0.989. The van der Waals surface area contributed by atoms with Crippen LogP contribution in [0.4, 0.5) is 11.8 Å². The summed E-state index contributed by atoms with van der Waals surface area (Å²) >= 11 is 0. The molecule has 0 spiro atoms. The van der Waals surface area contributed by atoms with Gasteiger partial charge >= 0.3 is 0 Å². The number of hydrogen-bond donors (Lipinski definition) is 3. The Hall–Kier alpha value is -1.85. The van der Waals surface area contributed by atoms with Crippen molar-refractivity contribution in [2.45, 2.75) is 32.2 Å². The average Bonchev–Trinajstić information content (AvgIpc) is 2.40. The molecule has 6 heteroatoms. The van der Waals surface area contributed by atoms with Crippen LogP contribution < -0.4 is 16.0 Å². The van der Waals surface area contributed by atoms with Gasteiger partial charge < -0.3 is 16.0 Å². The lowest BCUT2D eigenvalue weighted by molar-refractivity contribution is -0.123. The highest BCUT2D eigenvalue weighted by Crippen LogP contribution is 2.12. The van der Waals surface area contributed by atoms with Crippen LogP contribution in [-0.2, 0) is 4.79 Å². The number of carbonyl (C=O) groups excluding carboxylic acids is 1. The van der Waals surface area contributed by atoms with Crippen LogP contribution in [0.1, 0.15) is 26.2 Å². The average molecular weight is 249 g/mol. The maximum atomic E-state index is 11.6. The van der Waals surface area contributed by atoms with Crippen molar-refractivity contribution in [2.24, 2.45) is 0 Å². The molecule has 2 rings (SSSR count). The first-order valence-electron chi connectivity index (χ1n) is 6.40. The summed E-state index contributed by atoms with van der Waals surface area (Å²) in [5.74, 6) is 1.33. The normalized spacial score (nSPS) is 19.2. The first-order chi connectivity index (χ1) is 8.79. The molecule has 0 aromatic carbocycles.